The van der Waals surface area contributed by atoms with Crippen molar-refractivity contribution < 1.29 is 19.1 Å². The lowest BCUT2D eigenvalue weighted by Gasteiger charge is -2.09. The van der Waals surface area contributed by atoms with Crippen LogP contribution in [-0.2, 0) is 4.79 Å². The molecule has 3 aromatic rings. The van der Waals surface area contributed by atoms with Gasteiger partial charge in [-0.2, -0.15) is 0 Å². The van der Waals surface area contributed by atoms with E-state index in [1.54, 1.807) is 36.4 Å². The second kappa shape index (κ2) is 10.7. The maximum Gasteiger partial charge on any atom is 0.261 e. The van der Waals surface area contributed by atoms with Gasteiger partial charge in [0.2, 0.25) is 11.0 Å². The van der Waals surface area contributed by atoms with Gasteiger partial charge in [-0.15, -0.1) is 10.2 Å². The molecule has 0 unspecified atom stereocenters. The summed E-state index contributed by atoms with van der Waals surface area (Å²) < 4.78 is 10.9. The Morgan fingerprint density at radius 3 is 2.55 bits per heavy atom. The van der Waals surface area contributed by atoms with Gasteiger partial charge in [-0.25, -0.2) is 0 Å². The Morgan fingerprint density at radius 2 is 1.84 bits per heavy atom. The van der Waals surface area contributed by atoms with Gasteiger partial charge in [0.25, 0.3) is 5.91 Å². The van der Waals surface area contributed by atoms with E-state index in [0.717, 1.165) is 11.3 Å². The van der Waals surface area contributed by atoms with Crippen LogP contribution in [0.1, 0.15) is 10.4 Å². The maximum atomic E-state index is 12.5. The van der Waals surface area contributed by atoms with Gasteiger partial charge in [0.05, 0.1) is 35.6 Å². The molecule has 2 aromatic carbocycles. The van der Waals surface area contributed by atoms with E-state index in [2.05, 4.69) is 20.8 Å². The minimum atomic E-state index is -0.399. The molecule has 0 aliphatic carbocycles. The second-order valence-electron chi connectivity index (χ2n) is 5.86. The molecule has 2 N–H and O–H groups in total. The highest BCUT2D eigenvalue weighted by atomic mass is 35.5. The van der Waals surface area contributed by atoms with E-state index in [1.807, 2.05) is 0 Å². The number of nitrogens with one attached hydrogen (secondary N) is 2. The lowest BCUT2D eigenvalue weighted by Crippen LogP contribution is -2.13. The van der Waals surface area contributed by atoms with E-state index in [0.29, 0.717) is 42.3 Å². The fourth-order valence-electron chi connectivity index (χ4n) is 2.37. The summed E-state index contributed by atoms with van der Waals surface area (Å²) in [4.78, 5) is 24.7. The van der Waals surface area contributed by atoms with Crippen molar-refractivity contribution in [3.05, 3.63) is 52.0 Å². The summed E-state index contributed by atoms with van der Waals surface area (Å²) in [6, 6.07) is 9.69. The van der Waals surface area contributed by atoms with Crippen LogP contribution in [0.2, 0.25) is 10.0 Å². The molecule has 2 amide bonds. The smallest absolute Gasteiger partial charge is 0.261 e. The predicted molar refractivity (Wildman–Crippen MR) is 123 cm³/mol. The van der Waals surface area contributed by atoms with E-state index in [-0.39, 0.29) is 11.7 Å². The number of thioether (sulfide) groups is 1. The Bertz CT molecular complexity index is 1110. The SMILES string of the molecule is COc1ccc(C(=O)Nc2nnc(SCC(=O)Nc3ccc(Cl)c(Cl)c3)s2)c(OC)c1. The summed E-state index contributed by atoms with van der Waals surface area (Å²) in [5.41, 5.74) is 0.868. The number of hydrogen-bond acceptors (Lipinski definition) is 8. The van der Waals surface area contributed by atoms with Crippen LogP contribution in [-0.4, -0.2) is 42.0 Å². The van der Waals surface area contributed by atoms with Crippen LogP contribution in [0.4, 0.5) is 10.8 Å². The number of aromatic nitrogens is 2. The Hall–Kier alpha value is -2.53. The van der Waals surface area contributed by atoms with E-state index >= 15 is 0 Å². The van der Waals surface area contributed by atoms with Gasteiger partial charge < -0.3 is 14.8 Å². The first kappa shape index (κ1) is 23.1. The number of methoxy groups -OCH3 is 2. The zero-order valence-electron chi connectivity index (χ0n) is 16.3. The van der Waals surface area contributed by atoms with Gasteiger partial charge in [0.15, 0.2) is 4.34 Å². The molecule has 0 radical (unpaired) electrons. The molecule has 0 fully saturated rings. The molecule has 0 atom stereocenters. The van der Waals surface area contributed by atoms with Crippen molar-refractivity contribution in [1.29, 1.82) is 0 Å². The first-order chi connectivity index (χ1) is 14.9. The molecular formula is C19H16Cl2N4O4S2. The molecule has 0 saturated heterocycles. The van der Waals surface area contributed by atoms with Crippen LogP contribution in [0.3, 0.4) is 0 Å². The number of nitrogens with zero attached hydrogens (tertiary/aromatic N) is 2. The predicted octanol–water partition coefficient (Wildman–Crippen LogP) is 4.85. The fourth-order valence-corrected chi connectivity index (χ4v) is 4.21. The van der Waals surface area contributed by atoms with Gasteiger partial charge in [-0.05, 0) is 30.3 Å². The highest BCUT2D eigenvalue weighted by molar-refractivity contribution is 8.01. The van der Waals surface area contributed by atoms with E-state index in [1.165, 1.54) is 26.0 Å². The molecule has 0 aliphatic rings. The number of hydrogen-bond donors (Lipinski definition) is 2. The quantitative estimate of drug-likeness (QED) is 0.338. The normalized spacial score (nSPS) is 10.5. The van der Waals surface area contributed by atoms with Crippen molar-refractivity contribution in [3.63, 3.8) is 0 Å². The van der Waals surface area contributed by atoms with Crippen molar-refractivity contribution in [2.75, 3.05) is 30.6 Å². The van der Waals surface area contributed by atoms with Crippen LogP contribution in [0, 0.1) is 0 Å². The average molecular weight is 499 g/mol. The van der Waals surface area contributed by atoms with Crippen LogP contribution < -0.4 is 20.1 Å². The largest absolute Gasteiger partial charge is 0.497 e. The van der Waals surface area contributed by atoms with Gasteiger partial charge in [0, 0.05) is 11.8 Å². The second-order valence-corrected chi connectivity index (χ2v) is 8.87. The number of carbonyl (C=O) groups excluding carboxylic acids is 2. The van der Waals surface area contributed by atoms with E-state index in [9.17, 15) is 9.59 Å². The molecule has 0 aliphatic heterocycles. The molecule has 1 heterocycles. The number of anilines is 2. The summed E-state index contributed by atoms with van der Waals surface area (Å²) >= 11 is 14.1. The van der Waals surface area contributed by atoms with Crippen molar-refractivity contribution in [3.8, 4) is 11.5 Å². The average Bonchev–Trinajstić information content (AvgIpc) is 3.21. The number of ether oxygens (including phenoxy) is 2. The summed E-state index contributed by atoms with van der Waals surface area (Å²) in [5.74, 6) is 0.406. The minimum Gasteiger partial charge on any atom is -0.497 e. The Balaban J connectivity index is 1.56. The van der Waals surface area contributed by atoms with Gasteiger partial charge in [0.1, 0.15) is 11.5 Å². The van der Waals surface area contributed by atoms with Gasteiger partial charge >= 0.3 is 0 Å². The molecule has 3 rings (SSSR count). The third-order valence-electron chi connectivity index (χ3n) is 3.81. The highest BCUT2D eigenvalue weighted by Gasteiger charge is 2.16. The van der Waals surface area contributed by atoms with Crippen molar-refractivity contribution in [2.24, 2.45) is 0 Å². The van der Waals surface area contributed by atoms with E-state index in [4.69, 9.17) is 32.7 Å². The molecule has 12 heteroatoms. The molecular weight excluding hydrogens is 483 g/mol. The van der Waals surface area contributed by atoms with Gasteiger partial charge in [-0.3, -0.25) is 14.9 Å². The molecule has 8 nitrogen and oxygen atoms in total. The standard InChI is InChI=1S/C19H16Cl2N4O4S2/c1-28-11-4-5-12(15(8-11)29-2)17(27)23-18-24-25-19(31-18)30-9-16(26)22-10-3-6-13(20)14(21)7-10/h3-8H,9H2,1-2H3,(H,22,26)(H,23,24,27). The Morgan fingerprint density at radius 1 is 1.03 bits per heavy atom. The van der Waals surface area contributed by atoms with E-state index < -0.39 is 5.91 Å². The van der Waals surface area contributed by atoms with Crippen LogP contribution >= 0.6 is 46.3 Å². The Kier molecular flexibility index (Phi) is 7.97. The Labute approximate surface area is 196 Å². The van der Waals surface area contributed by atoms with Crippen LogP contribution in [0.5, 0.6) is 11.5 Å². The minimum absolute atomic E-state index is 0.106. The molecule has 0 bridgehead atoms. The molecule has 0 saturated carbocycles. The summed E-state index contributed by atoms with van der Waals surface area (Å²) in [5, 5.41) is 14.4. The van der Waals surface area contributed by atoms with Crippen LogP contribution in [0.25, 0.3) is 0 Å². The third kappa shape index (κ3) is 6.23. The molecule has 0 spiro atoms. The molecule has 1 aromatic heterocycles. The first-order valence-electron chi connectivity index (χ1n) is 8.64. The van der Waals surface area contributed by atoms with Gasteiger partial charge in [-0.1, -0.05) is 46.3 Å². The summed E-state index contributed by atoms with van der Waals surface area (Å²) in [6.07, 6.45) is 0. The number of carbonyl (C=O) groups is 2. The van der Waals surface area contributed by atoms with Crippen molar-refractivity contribution >= 4 is 68.9 Å². The topological polar surface area (TPSA) is 102 Å². The lowest BCUT2D eigenvalue weighted by atomic mass is 10.2. The van der Waals surface area contributed by atoms with Crippen molar-refractivity contribution in [1.82, 2.24) is 10.2 Å². The highest BCUT2D eigenvalue weighted by Crippen LogP contribution is 2.29. The zero-order chi connectivity index (χ0) is 22.4. The first-order valence-corrected chi connectivity index (χ1v) is 11.2. The number of amides is 2. The molecule has 162 valence electrons. The lowest BCUT2D eigenvalue weighted by molar-refractivity contribution is -0.113. The summed E-state index contributed by atoms with van der Waals surface area (Å²) in [7, 11) is 2.99. The third-order valence-corrected chi connectivity index (χ3v) is 6.52. The monoisotopic (exact) mass is 498 g/mol. The number of rotatable bonds is 8. The fraction of sp³-hybridized carbons (Fsp3) is 0.158. The molecule has 31 heavy (non-hydrogen) atoms. The van der Waals surface area contributed by atoms with Crippen molar-refractivity contribution in [2.45, 2.75) is 4.34 Å². The number of halogens is 2. The zero-order valence-corrected chi connectivity index (χ0v) is 19.4. The maximum absolute atomic E-state index is 12.5. The summed E-state index contributed by atoms with van der Waals surface area (Å²) in [6.45, 7) is 0. The van der Waals surface area contributed by atoms with Crippen LogP contribution in [0.15, 0.2) is 40.7 Å². The number of benzene rings is 2.